The Kier molecular flexibility index (Phi) is 5.51. The van der Waals surface area contributed by atoms with Gasteiger partial charge in [0, 0.05) is 13.2 Å². The van der Waals surface area contributed by atoms with Gasteiger partial charge in [-0.1, -0.05) is 6.92 Å². The molecule has 0 spiro atoms. The summed E-state index contributed by atoms with van der Waals surface area (Å²) in [5, 5.41) is -0.310. The number of sulfone groups is 1. The zero-order valence-electron chi connectivity index (χ0n) is 8.49. The van der Waals surface area contributed by atoms with Gasteiger partial charge in [-0.25, -0.2) is 8.42 Å². The molecule has 0 aliphatic carbocycles. The van der Waals surface area contributed by atoms with E-state index in [0.29, 0.717) is 6.42 Å². The molecular formula is C8H19NO3S. The third-order valence-electron chi connectivity index (χ3n) is 2.02. The third-order valence-corrected chi connectivity index (χ3v) is 4.47. The summed E-state index contributed by atoms with van der Waals surface area (Å²) in [6.07, 6.45) is 0.627. The molecule has 2 atom stereocenters. The molecule has 2 unspecified atom stereocenters. The van der Waals surface area contributed by atoms with E-state index in [2.05, 4.69) is 0 Å². The van der Waals surface area contributed by atoms with Crippen molar-refractivity contribution < 1.29 is 13.2 Å². The van der Waals surface area contributed by atoms with Crippen molar-refractivity contribution in [1.29, 1.82) is 0 Å². The largest absolute Gasteiger partial charge is 0.383 e. The number of hydrogen-bond donors (Lipinski definition) is 1. The maximum absolute atomic E-state index is 11.5. The Balaban J connectivity index is 4.17. The molecule has 13 heavy (non-hydrogen) atoms. The number of nitrogens with two attached hydrogens (primary N) is 1. The van der Waals surface area contributed by atoms with Crippen molar-refractivity contribution in [2.24, 2.45) is 5.73 Å². The highest BCUT2D eigenvalue weighted by molar-refractivity contribution is 7.92. The lowest BCUT2D eigenvalue weighted by atomic mass is 10.4. The first kappa shape index (κ1) is 12.9. The van der Waals surface area contributed by atoms with Gasteiger partial charge in [-0.2, -0.15) is 0 Å². The normalized spacial score (nSPS) is 16.9. The summed E-state index contributed by atoms with van der Waals surface area (Å²) in [5.74, 6) is 0.00977. The van der Waals surface area contributed by atoms with E-state index in [0.717, 1.165) is 0 Å². The van der Waals surface area contributed by atoms with Crippen LogP contribution >= 0.6 is 0 Å². The molecule has 0 heterocycles. The molecule has 0 saturated heterocycles. The first-order valence-electron chi connectivity index (χ1n) is 4.40. The fourth-order valence-corrected chi connectivity index (χ4v) is 2.51. The molecule has 2 N–H and O–H groups in total. The molecule has 0 aliphatic rings. The van der Waals surface area contributed by atoms with Crippen LogP contribution in [0.2, 0.25) is 0 Å². The molecule has 5 heteroatoms. The Hall–Kier alpha value is -0.130. The number of hydrogen-bond acceptors (Lipinski definition) is 4. The van der Waals surface area contributed by atoms with Gasteiger partial charge >= 0.3 is 0 Å². The molecule has 0 bridgehead atoms. The maximum atomic E-state index is 11.5. The summed E-state index contributed by atoms with van der Waals surface area (Å²) in [7, 11) is -1.53. The van der Waals surface area contributed by atoms with Crippen LogP contribution in [-0.4, -0.2) is 39.2 Å². The summed E-state index contributed by atoms with van der Waals surface area (Å²) in [5.41, 5.74) is 5.56. The van der Waals surface area contributed by atoms with E-state index in [9.17, 15) is 8.42 Å². The summed E-state index contributed by atoms with van der Waals surface area (Å²) in [6, 6.07) is -0.413. The van der Waals surface area contributed by atoms with E-state index >= 15 is 0 Å². The van der Waals surface area contributed by atoms with Gasteiger partial charge in [-0.05, 0) is 13.3 Å². The average Bonchev–Trinajstić information content (AvgIpc) is 2.02. The molecule has 0 aliphatic heterocycles. The summed E-state index contributed by atoms with van der Waals surface area (Å²) >= 11 is 0. The van der Waals surface area contributed by atoms with Crippen LogP contribution in [0.5, 0.6) is 0 Å². The van der Waals surface area contributed by atoms with E-state index < -0.39 is 15.9 Å². The molecule has 0 radical (unpaired) electrons. The van der Waals surface area contributed by atoms with Crippen LogP contribution in [0.4, 0.5) is 0 Å². The summed E-state index contributed by atoms with van der Waals surface area (Å²) < 4.78 is 27.8. The van der Waals surface area contributed by atoms with Crippen molar-refractivity contribution in [2.45, 2.75) is 31.6 Å². The van der Waals surface area contributed by atoms with Crippen molar-refractivity contribution in [1.82, 2.24) is 0 Å². The lowest BCUT2D eigenvalue weighted by Crippen LogP contribution is -2.36. The van der Waals surface area contributed by atoms with Crippen LogP contribution < -0.4 is 5.73 Å². The van der Waals surface area contributed by atoms with Gasteiger partial charge in [0.05, 0.1) is 17.6 Å². The minimum Gasteiger partial charge on any atom is -0.383 e. The monoisotopic (exact) mass is 209 g/mol. The number of ether oxygens (including phenoxy) is 1. The second kappa shape index (κ2) is 5.57. The maximum Gasteiger partial charge on any atom is 0.154 e. The van der Waals surface area contributed by atoms with Crippen LogP contribution in [-0.2, 0) is 14.6 Å². The highest BCUT2D eigenvalue weighted by atomic mass is 32.2. The molecule has 0 aromatic heterocycles. The van der Waals surface area contributed by atoms with Crippen molar-refractivity contribution in [2.75, 3.05) is 19.5 Å². The van der Waals surface area contributed by atoms with Crippen LogP contribution in [0.3, 0.4) is 0 Å². The second-order valence-corrected chi connectivity index (χ2v) is 5.73. The zero-order chi connectivity index (χ0) is 10.5. The van der Waals surface area contributed by atoms with E-state index in [-0.39, 0.29) is 17.6 Å². The second-order valence-electron chi connectivity index (χ2n) is 3.26. The number of methoxy groups -OCH3 is 1. The highest BCUT2D eigenvalue weighted by Gasteiger charge is 2.21. The summed E-state index contributed by atoms with van der Waals surface area (Å²) in [4.78, 5) is 0. The lowest BCUT2D eigenvalue weighted by molar-refractivity contribution is 0.186. The van der Waals surface area contributed by atoms with Gasteiger partial charge < -0.3 is 10.5 Å². The predicted molar refractivity (Wildman–Crippen MR) is 53.4 cm³/mol. The van der Waals surface area contributed by atoms with Crippen molar-refractivity contribution in [3.8, 4) is 0 Å². The van der Waals surface area contributed by atoms with E-state index in [1.165, 1.54) is 7.11 Å². The lowest BCUT2D eigenvalue weighted by Gasteiger charge is -2.14. The SMILES string of the molecule is CCC(C)S(=O)(=O)CC(N)COC. The third kappa shape index (κ3) is 4.59. The van der Waals surface area contributed by atoms with E-state index in [1.54, 1.807) is 6.92 Å². The Bertz CT molecular complexity index is 226. The fourth-order valence-electron chi connectivity index (χ4n) is 0.979. The van der Waals surface area contributed by atoms with Gasteiger partial charge in [0.2, 0.25) is 0 Å². The molecule has 4 nitrogen and oxygen atoms in total. The smallest absolute Gasteiger partial charge is 0.154 e. The Labute approximate surface area is 80.4 Å². The average molecular weight is 209 g/mol. The van der Waals surface area contributed by atoms with Crippen molar-refractivity contribution in [3.63, 3.8) is 0 Å². The highest BCUT2D eigenvalue weighted by Crippen LogP contribution is 2.06. The van der Waals surface area contributed by atoms with Crippen molar-refractivity contribution in [3.05, 3.63) is 0 Å². The molecule has 0 aromatic carbocycles. The minimum atomic E-state index is -3.04. The predicted octanol–water partition coefficient (Wildman–Crippen LogP) is 0.173. The Morgan fingerprint density at radius 1 is 1.46 bits per heavy atom. The van der Waals surface area contributed by atoms with Gasteiger partial charge in [-0.3, -0.25) is 0 Å². The molecule has 0 aromatic rings. The van der Waals surface area contributed by atoms with Crippen molar-refractivity contribution >= 4 is 9.84 Å². The van der Waals surface area contributed by atoms with Crippen LogP contribution in [0.1, 0.15) is 20.3 Å². The Morgan fingerprint density at radius 3 is 2.38 bits per heavy atom. The molecule has 0 saturated carbocycles. The zero-order valence-corrected chi connectivity index (χ0v) is 9.30. The van der Waals surface area contributed by atoms with Gasteiger partial charge in [-0.15, -0.1) is 0 Å². The number of rotatable bonds is 6. The Morgan fingerprint density at radius 2 is 2.00 bits per heavy atom. The van der Waals surface area contributed by atoms with Crippen LogP contribution in [0, 0.1) is 0 Å². The van der Waals surface area contributed by atoms with E-state index in [1.807, 2.05) is 6.92 Å². The molecular weight excluding hydrogens is 190 g/mol. The first-order valence-corrected chi connectivity index (χ1v) is 6.11. The molecule has 0 fully saturated rings. The minimum absolute atomic E-state index is 0.00977. The molecule has 80 valence electrons. The fraction of sp³-hybridized carbons (Fsp3) is 1.00. The van der Waals surface area contributed by atoms with E-state index in [4.69, 9.17) is 10.5 Å². The van der Waals surface area contributed by atoms with Gasteiger partial charge in [0.25, 0.3) is 0 Å². The van der Waals surface area contributed by atoms with Gasteiger partial charge in [0.15, 0.2) is 9.84 Å². The molecule has 0 amide bonds. The van der Waals surface area contributed by atoms with Crippen LogP contribution in [0.25, 0.3) is 0 Å². The molecule has 0 rings (SSSR count). The van der Waals surface area contributed by atoms with Gasteiger partial charge in [0.1, 0.15) is 0 Å². The quantitative estimate of drug-likeness (QED) is 0.677. The first-order chi connectivity index (χ1) is 5.94. The summed E-state index contributed by atoms with van der Waals surface area (Å²) in [6.45, 7) is 3.84. The van der Waals surface area contributed by atoms with Crippen LogP contribution in [0.15, 0.2) is 0 Å². The topological polar surface area (TPSA) is 69.4 Å². The standard InChI is InChI=1S/C8H19NO3S/c1-4-7(2)13(10,11)6-8(9)5-12-3/h7-8H,4-6,9H2,1-3H3.